The van der Waals surface area contributed by atoms with E-state index in [0.717, 1.165) is 54.7 Å². The first-order valence-electron chi connectivity index (χ1n) is 9.50. The van der Waals surface area contributed by atoms with Gasteiger partial charge in [0.15, 0.2) is 0 Å². The van der Waals surface area contributed by atoms with Crippen molar-refractivity contribution >= 4 is 44.9 Å². The van der Waals surface area contributed by atoms with E-state index < -0.39 is 0 Å². The number of amides is 1. The van der Waals surface area contributed by atoms with Gasteiger partial charge in [0.25, 0.3) is 0 Å². The highest BCUT2D eigenvalue weighted by Crippen LogP contribution is 2.41. The molecule has 0 aromatic carbocycles. The van der Waals surface area contributed by atoms with E-state index in [2.05, 4.69) is 18.7 Å². The number of rotatable bonds is 3. The van der Waals surface area contributed by atoms with Crippen LogP contribution in [-0.4, -0.2) is 52.8 Å². The smallest absolute Gasteiger partial charge is 0.237 e. The number of carbonyl (C=O) groups excluding carboxylic acids is 1. The molecule has 0 radical (unpaired) electrons. The summed E-state index contributed by atoms with van der Waals surface area (Å²) in [5.74, 6) is 2.84. The van der Waals surface area contributed by atoms with Crippen molar-refractivity contribution in [2.75, 3.05) is 37.0 Å². The van der Waals surface area contributed by atoms with Crippen LogP contribution in [0.15, 0.2) is 0 Å². The molecule has 1 saturated heterocycles. The van der Waals surface area contributed by atoms with Gasteiger partial charge in [-0.3, -0.25) is 4.79 Å². The van der Waals surface area contributed by atoms with E-state index in [-0.39, 0.29) is 11.8 Å². The molecule has 0 spiro atoms. The lowest BCUT2D eigenvalue weighted by Crippen LogP contribution is -2.49. The summed E-state index contributed by atoms with van der Waals surface area (Å²) < 4.78 is 0. The fraction of sp³-hybridized carbons (Fsp3) is 0.632. The van der Waals surface area contributed by atoms with Crippen LogP contribution in [0.2, 0.25) is 0 Å². The monoisotopic (exact) mass is 392 g/mol. The molecule has 1 aliphatic heterocycles. The van der Waals surface area contributed by atoms with Gasteiger partial charge in [0.2, 0.25) is 5.91 Å². The number of thiophene rings is 1. The molecule has 0 saturated carbocycles. The van der Waals surface area contributed by atoms with Gasteiger partial charge in [0.05, 0.1) is 5.39 Å². The Morgan fingerprint density at radius 3 is 2.73 bits per heavy atom. The summed E-state index contributed by atoms with van der Waals surface area (Å²) in [4.78, 5) is 28.5. The van der Waals surface area contributed by atoms with E-state index in [0.29, 0.717) is 13.1 Å². The molecule has 2 aromatic rings. The minimum atomic E-state index is 0.0234. The summed E-state index contributed by atoms with van der Waals surface area (Å²) in [6.07, 6.45) is 4.37. The number of alkyl halides is 1. The zero-order chi connectivity index (χ0) is 18.3. The summed E-state index contributed by atoms with van der Waals surface area (Å²) in [5.41, 5.74) is 1.47. The quantitative estimate of drug-likeness (QED) is 0.752. The van der Waals surface area contributed by atoms with Crippen molar-refractivity contribution in [1.29, 1.82) is 0 Å². The Kier molecular flexibility index (Phi) is 5.06. The highest BCUT2D eigenvalue weighted by molar-refractivity contribution is 7.19. The minimum absolute atomic E-state index is 0.0234. The average molecular weight is 393 g/mol. The van der Waals surface area contributed by atoms with Crippen LogP contribution < -0.4 is 4.90 Å². The Morgan fingerprint density at radius 1 is 1.27 bits per heavy atom. The predicted molar refractivity (Wildman–Crippen MR) is 107 cm³/mol. The van der Waals surface area contributed by atoms with Crippen molar-refractivity contribution in [3.8, 4) is 0 Å². The van der Waals surface area contributed by atoms with Crippen LogP contribution in [0.25, 0.3) is 10.2 Å². The third-order valence-corrected chi connectivity index (χ3v) is 6.92. The maximum atomic E-state index is 11.9. The molecule has 1 atom stereocenters. The molecule has 2 aliphatic rings. The maximum absolute atomic E-state index is 11.9. The second-order valence-corrected chi connectivity index (χ2v) is 8.70. The SMILES string of the molecule is CCc1nc(N2CCN(C(=O)CCl)CC2)c2c3c(sc2n1)C[C@H](C)CC3. The van der Waals surface area contributed by atoms with Gasteiger partial charge in [0, 0.05) is 37.5 Å². The van der Waals surface area contributed by atoms with Gasteiger partial charge in [-0.25, -0.2) is 9.97 Å². The molecule has 7 heteroatoms. The van der Waals surface area contributed by atoms with Gasteiger partial charge in [-0.1, -0.05) is 13.8 Å². The largest absolute Gasteiger partial charge is 0.352 e. The zero-order valence-corrected chi connectivity index (χ0v) is 17.0. The number of hydrogen-bond donors (Lipinski definition) is 0. The number of nitrogens with zero attached hydrogens (tertiary/aromatic N) is 4. The summed E-state index contributed by atoms with van der Waals surface area (Å²) in [5, 5.41) is 1.27. The number of carbonyl (C=O) groups is 1. The molecule has 140 valence electrons. The second kappa shape index (κ2) is 7.31. The third-order valence-electron chi connectivity index (χ3n) is 5.54. The summed E-state index contributed by atoms with van der Waals surface area (Å²) in [6.45, 7) is 7.48. The molecule has 3 heterocycles. The molecule has 2 aromatic heterocycles. The molecule has 5 nitrogen and oxygen atoms in total. The fourth-order valence-electron chi connectivity index (χ4n) is 4.01. The Labute approximate surface area is 163 Å². The lowest BCUT2D eigenvalue weighted by Gasteiger charge is -2.35. The molecule has 0 N–H and O–H groups in total. The molecule has 1 fully saturated rings. The van der Waals surface area contributed by atoms with E-state index in [1.165, 1.54) is 22.2 Å². The minimum Gasteiger partial charge on any atom is -0.352 e. The van der Waals surface area contributed by atoms with Gasteiger partial charge in [0.1, 0.15) is 22.4 Å². The second-order valence-electron chi connectivity index (χ2n) is 7.35. The molecular weight excluding hydrogens is 368 g/mol. The Balaban J connectivity index is 1.71. The van der Waals surface area contributed by atoms with E-state index in [1.54, 1.807) is 0 Å². The molecular formula is C19H25ClN4OS. The molecule has 26 heavy (non-hydrogen) atoms. The van der Waals surface area contributed by atoms with Crippen LogP contribution in [0.1, 0.15) is 36.5 Å². The van der Waals surface area contributed by atoms with E-state index in [1.807, 2.05) is 16.2 Å². The van der Waals surface area contributed by atoms with Crippen molar-refractivity contribution in [2.24, 2.45) is 5.92 Å². The van der Waals surface area contributed by atoms with Gasteiger partial charge >= 0.3 is 0 Å². The normalized spacial score (nSPS) is 20.5. The molecule has 0 unspecified atom stereocenters. The topological polar surface area (TPSA) is 49.3 Å². The van der Waals surface area contributed by atoms with E-state index in [9.17, 15) is 4.79 Å². The first kappa shape index (κ1) is 18.0. The number of anilines is 1. The third kappa shape index (κ3) is 3.18. The first-order chi connectivity index (χ1) is 12.6. The lowest BCUT2D eigenvalue weighted by atomic mass is 9.89. The number of piperazine rings is 1. The van der Waals surface area contributed by atoms with Crippen molar-refractivity contribution < 1.29 is 4.79 Å². The van der Waals surface area contributed by atoms with Crippen LogP contribution in [0.5, 0.6) is 0 Å². The molecule has 1 amide bonds. The highest BCUT2D eigenvalue weighted by Gasteiger charge is 2.28. The Bertz CT molecular complexity index is 829. The standard InChI is InChI=1S/C19H25ClN4OS/c1-3-15-21-18(24-8-6-23(7-9-24)16(25)11-20)17-13-5-4-12(2)10-14(13)26-19(17)22-15/h12H,3-11H2,1-2H3/t12-/m1/s1. The number of aryl methyl sites for hydroxylation is 2. The van der Waals surface area contributed by atoms with Crippen LogP contribution in [0.4, 0.5) is 5.82 Å². The van der Waals surface area contributed by atoms with Crippen LogP contribution in [0, 0.1) is 5.92 Å². The highest BCUT2D eigenvalue weighted by atomic mass is 35.5. The Morgan fingerprint density at radius 2 is 2.04 bits per heavy atom. The molecule has 4 rings (SSSR count). The summed E-state index contributed by atoms with van der Waals surface area (Å²) >= 11 is 7.57. The number of halogens is 1. The fourth-order valence-corrected chi connectivity index (χ4v) is 5.57. The predicted octanol–water partition coefficient (Wildman–Crippen LogP) is 3.27. The maximum Gasteiger partial charge on any atom is 0.237 e. The average Bonchev–Trinajstić information content (AvgIpc) is 3.03. The van der Waals surface area contributed by atoms with Crippen LogP contribution in [-0.2, 0) is 24.1 Å². The van der Waals surface area contributed by atoms with E-state index in [4.69, 9.17) is 21.6 Å². The Hall–Kier alpha value is -1.40. The first-order valence-corrected chi connectivity index (χ1v) is 10.9. The van der Waals surface area contributed by atoms with Crippen molar-refractivity contribution in [2.45, 2.75) is 39.5 Å². The number of hydrogen-bond acceptors (Lipinski definition) is 5. The van der Waals surface area contributed by atoms with Gasteiger partial charge in [-0.2, -0.15) is 0 Å². The summed E-state index contributed by atoms with van der Waals surface area (Å²) in [6, 6.07) is 0. The van der Waals surface area contributed by atoms with Crippen molar-refractivity contribution in [3.63, 3.8) is 0 Å². The van der Waals surface area contributed by atoms with E-state index >= 15 is 0 Å². The summed E-state index contributed by atoms with van der Waals surface area (Å²) in [7, 11) is 0. The van der Waals surface area contributed by atoms with Gasteiger partial charge in [-0.05, 0) is 30.7 Å². The van der Waals surface area contributed by atoms with Crippen molar-refractivity contribution in [1.82, 2.24) is 14.9 Å². The van der Waals surface area contributed by atoms with Gasteiger partial charge < -0.3 is 9.80 Å². The van der Waals surface area contributed by atoms with Crippen LogP contribution >= 0.6 is 22.9 Å². The van der Waals surface area contributed by atoms with Crippen LogP contribution in [0.3, 0.4) is 0 Å². The zero-order valence-electron chi connectivity index (χ0n) is 15.4. The molecule has 0 bridgehead atoms. The number of aromatic nitrogens is 2. The van der Waals surface area contributed by atoms with Crippen molar-refractivity contribution in [3.05, 3.63) is 16.3 Å². The lowest BCUT2D eigenvalue weighted by molar-refractivity contribution is -0.128. The number of fused-ring (bicyclic) bond motifs is 3. The molecule has 1 aliphatic carbocycles. The van der Waals surface area contributed by atoms with Gasteiger partial charge in [-0.15, -0.1) is 22.9 Å².